The highest BCUT2D eigenvalue weighted by molar-refractivity contribution is 5.94. The van der Waals surface area contributed by atoms with Gasteiger partial charge in [-0.1, -0.05) is 34.6 Å². The van der Waals surface area contributed by atoms with Gasteiger partial charge in [0.1, 0.15) is 11.5 Å². The van der Waals surface area contributed by atoms with Gasteiger partial charge in [-0.25, -0.2) is 13.5 Å². The summed E-state index contributed by atoms with van der Waals surface area (Å²) in [6, 6.07) is 3.50. The van der Waals surface area contributed by atoms with Gasteiger partial charge in [0, 0.05) is 17.0 Å². The largest absolute Gasteiger partial charge is 0.308 e. The summed E-state index contributed by atoms with van der Waals surface area (Å²) in [5.41, 5.74) is 1.70. The third-order valence-corrected chi connectivity index (χ3v) is 6.33. The van der Waals surface area contributed by atoms with E-state index in [0.29, 0.717) is 11.7 Å². The molecule has 2 atom stereocenters. The Balaban J connectivity index is 1.85. The van der Waals surface area contributed by atoms with Crippen molar-refractivity contribution in [1.82, 2.24) is 9.78 Å². The van der Waals surface area contributed by atoms with Gasteiger partial charge in [0.25, 0.3) is 0 Å². The Morgan fingerprint density at radius 1 is 1.30 bits per heavy atom. The predicted octanol–water partition coefficient (Wildman–Crippen LogP) is 4.82. The highest BCUT2D eigenvalue weighted by atomic mass is 19.1. The van der Waals surface area contributed by atoms with Crippen molar-refractivity contribution >= 4 is 11.7 Å². The summed E-state index contributed by atoms with van der Waals surface area (Å²) in [6.45, 7) is 10.00. The van der Waals surface area contributed by atoms with Crippen LogP contribution in [0.15, 0.2) is 18.2 Å². The SMILES string of the molecule is CC(C)(C)C(=O)Nc1nn(-c2ccc(F)cc2F)c2c1[C@H]1C[C@H](C2)C1(C)C. The molecule has 2 aromatic rings. The van der Waals surface area contributed by atoms with Crippen molar-refractivity contribution in [2.75, 3.05) is 5.32 Å². The number of hydrogen-bond donors (Lipinski definition) is 1. The zero-order valence-electron chi connectivity index (χ0n) is 16.4. The number of amides is 1. The van der Waals surface area contributed by atoms with Crippen LogP contribution in [0.3, 0.4) is 0 Å². The molecule has 5 rings (SSSR count). The van der Waals surface area contributed by atoms with Gasteiger partial charge in [-0.15, -0.1) is 5.10 Å². The Bertz CT molecular complexity index is 940. The smallest absolute Gasteiger partial charge is 0.230 e. The number of nitrogens with zero attached hydrogens (tertiary/aromatic N) is 2. The summed E-state index contributed by atoms with van der Waals surface area (Å²) in [5.74, 6) is -0.132. The quantitative estimate of drug-likeness (QED) is 0.820. The molecule has 1 aromatic carbocycles. The van der Waals surface area contributed by atoms with Gasteiger partial charge in [0.2, 0.25) is 5.91 Å². The van der Waals surface area contributed by atoms with Crippen LogP contribution in [0.1, 0.15) is 58.2 Å². The van der Waals surface area contributed by atoms with Crippen LogP contribution in [0, 0.1) is 28.4 Å². The van der Waals surface area contributed by atoms with Crippen molar-refractivity contribution in [1.29, 1.82) is 0 Å². The van der Waals surface area contributed by atoms with Crippen molar-refractivity contribution in [3.05, 3.63) is 41.1 Å². The van der Waals surface area contributed by atoms with Gasteiger partial charge in [0.15, 0.2) is 11.6 Å². The molecule has 0 aliphatic heterocycles. The van der Waals surface area contributed by atoms with Crippen LogP contribution in [0.5, 0.6) is 0 Å². The molecule has 3 aliphatic carbocycles. The van der Waals surface area contributed by atoms with E-state index in [1.807, 2.05) is 20.8 Å². The highest BCUT2D eigenvalue weighted by Gasteiger charge is 2.55. The Labute approximate surface area is 158 Å². The van der Waals surface area contributed by atoms with Crippen molar-refractivity contribution < 1.29 is 13.6 Å². The van der Waals surface area contributed by atoms with E-state index in [1.165, 1.54) is 12.1 Å². The van der Waals surface area contributed by atoms with Gasteiger partial charge in [0.05, 0.1) is 5.69 Å². The number of nitrogens with one attached hydrogen (secondary N) is 1. The fourth-order valence-electron chi connectivity index (χ4n) is 4.35. The molecule has 0 spiro atoms. The molecule has 1 N–H and O–H groups in total. The lowest BCUT2D eigenvalue weighted by Crippen LogP contribution is -2.48. The molecule has 6 heteroatoms. The summed E-state index contributed by atoms with van der Waals surface area (Å²) in [4.78, 5) is 12.6. The second kappa shape index (κ2) is 5.63. The maximum Gasteiger partial charge on any atom is 0.230 e. The maximum absolute atomic E-state index is 14.4. The normalized spacial score (nSPS) is 22.8. The van der Waals surface area contributed by atoms with Crippen LogP contribution in [0.2, 0.25) is 0 Å². The number of carbonyl (C=O) groups excluding carboxylic acids is 1. The van der Waals surface area contributed by atoms with Crippen LogP contribution in [0.4, 0.5) is 14.6 Å². The van der Waals surface area contributed by atoms with E-state index in [9.17, 15) is 13.6 Å². The van der Waals surface area contributed by atoms with Gasteiger partial charge >= 0.3 is 0 Å². The highest BCUT2D eigenvalue weighted by Crippen LogP contribution is 2.63. The maximum atomic E-state index is 14.4. The minimum atomic E-state index is -0.660. The average Bonchev–Trinajstić information content (AvgIpc) is 2.92. The molecule has 1 aromatic heterocycles. The van der Waals surface area contributed by atoms with Crippen LogP contribution in [0.25, 0.3) is 5.69 Å². The number of benzene rings is 1. The summed E-state index contributed by atoms with van der Waals surface area (Å²) in [5, 5.41) is 7.53. The molecule has 3 aliphatic rings. The Morgan fingerprint density at radius 2 is 2.00 bits per heavy atom. The van der Waals surface area contributed by atoms with Crippen LogP contribution >= 0.6 is 0 Å². The van der Waals surface area contributed by atoms with Gasteiger partial charge in [-0.05, 0) is 42.2 Å². The molecule has 1 fully saturated rings. The van der Waals surface area contributed by atoms with E-state index in [4.69, 9.17) is 0 Å². The first-order valence-corrected chi connectivity index (χ1v) is 9.39. The number of rotatable bonds is 2. The van der Waals surface area contributed by atoms with Gasteiger partial charge in [-0.3, -0.25) is 4.79 Å². The number of anilines is 1. The minimum Gasteiger partial charge on any atom is -0.308 e. The third-order valence-electron chi connectivity index (χ3n) is 6.33. The summed E-state index contributed by atoms with van der Waals surface area (Å²) in [6.07, 6.45) is 1.82. The molecule has 0 saturated heterocycles. The lowest BCUT2D eigenvalue weighted by molar-refractivity contribution is -0.123. The third kappa shape index (κ3) is 2.68. The van der Waals surface area contributed by atoms with Crippen molar-refractivity contribution in [2.24, 2.45) is 16.7 Å². The van der Waals surface area contributed by atoms with E-state index in [-0.39, 0.29) is 22.9 Å². The van der Waals surface area contributed by atoms with E-state index < -0.39 is 17.0 Å². The van der Waals surface area contributed by atoms with Crippen LogP contribution in [-0.2, 0) is 11.2 Å². The molecular formula is C21H25F2N3O. The van der Waals surface area contributed by atoms with Gasteiger partial charge in [-0.2, -0.15) is 0 Å². The molecule has 1 heterocycles. The topological polar surface area (TPSA) is 46.9 Å². The first-order chi connectivity index (χ1) is 12.5. The first kappa shape index (κ1) is 18.1. The molecule has 4 nitrogen and oxygen atoms in total. The lowest BCUT2D eigenvalue weighted by Gasteiger charge is -2.56. The van der Waals surface area contributed by atoms with Crippen LogP contribution in [-0.4, -0.2) is 15.7 Å². The second-order valence-corrected chi connectivity index (χ2v) is 9.43. The summed E-state index contributed by atoms with van der Waals surface area (Å²) < 4.78 is 29.3. The van der Waals surface area contributed by atoms with Crippen molar-refractivity contribution in [2.45, 2.75) is 53.4 Å². The molecule has 1 amide bonds. The van der Waals surface area contributed by atoms with Gasteiger partial charge < -0.3 is 5.32 Å². The Kier molecular flexibility index (Phi) is 3.78. The Morgan fingerprint density at radius 3 is 2.59 bits per heavy atom. The van der Waals surface area contributed by atoms with E-state index in [0.717, 1.165) is 30.2 Å². The first-order valence-electron chi connectivity index (χ1n) is 9.39. The zero-order chi connectivity index (χ0) is 19.7. The van der Waals surface area contributed by atoms with Crippen molar-refractivity contribution in [3.63, 3.8) is 0 Å². The molecule has 2 bridgehead atoms. The average molecular weight is 373 g/mol. The number of aromatic nitrogens is 2. The monoisotopic (exact) mass is 373 g/mol. The number of halogens is 2. The fraction of sp³-hybridized carbons (Fsp3) is 0.524. The molecule has 0 radical (unpaired) electrons. The number of carbonyl (C=O) groups is 1. The standard InChI is InChI=1S/C21H25F2N3O/c1-20(2,3)19(27)24-18-17-13-8-11(21(13,4)5)9-16(17)26(25-18)15-7-6-12(22)10-14(15)23/h6-7,10-11,13H,8-9H2,1-5H3,(H,24,25,27)/t11-,13-/m1/s1. The van der Waals surface area contributed by atoms with Crippen molar-refractivity contribution in [3.8, 4) is 5.69 Å². The molecule has 1 saturated carbocycles. The number of hydrogen-bond acceptors (Lipinski definition) is 2. The molecule has 144 valence electrons. The van der Waals surface area contributed by atoms with E-state index in [2.05, 4.69) is 24.3 Å². The lowest BCUT2D eigenvalue weighted by atomic mass is 9.48. The summed E-state index contributed by atoms with van der Waals surface area (Å²) in [7, 11) is 0. The minimum absolute atomic E-state index is 0.128. The van der Waals surface area contributed by atoms with Crippen LogP contribution < -0.4 is 5.32 Å². The second-order valence-electron chi connectivity index (χ2n) is 9.43. The predicted molar refractivity (Wildman–Crippen MR) is 99.9 cm³/mol. The summed E-state index contributed by atoms with van der Waals surface area (Å²) >= 11 is 0. The molecule has 27 heavy (non-hydrogen) atoms. The zero-order valence-corrected chi connectivity index (χ0v) is 16.4. The molecule has 0 unspecified atom stereocenters. The van der Waals surface area contributed by atoms with E-state index in [1.54, 1.807) is 4.68 Å². The Hall–Kier alpha value is -2.24. The fourth-order valence-corrected chi connectivity index (χ4v) is 4.35. The molecular weight excluding hydrogens is 348 g/mol. The van der Waals surface area contributed by atoms with E-state index >= 15 is 0 Å².